The zero-order chi connectivity index (χ0) is 33.0. The normalized spacial score (nSPS) is 14.4. The first-order chi connectivity index (χ1) is 22.1. The van der Waals surface area contributed by atoms with Gasteiger partial charge in [-0.05, 0) is 91.2 Å². The van der Waals surface area contributed by atoms with Crippen LogP contribution in [0.15, 0.2) is 86.2 Å². The van der Waals surface area contributed by atoms with Crippen LogP contribution in [0.4, 0.5) is 0 Å². The Hall–Kier alpha value is -4.66. The number of methoxy groups -OCH3 is 1. The highest BCUT2D eigenvalue weighted by Gasteiger charge is 2.34. The van der Waals surface area contributed by atoms with Crippen molar-refractivity contribution in [3.63, 3.8) is 0 Å². The third kappa shape index (κ3) is 6.78. The van der Waals surface area contributed by atoms with Crippen LogP contribution in [0.5, 0.6) is 17.2 Å². The van der Waals surface area contributed by atoms with E-state index in [9.17, 15) is 14.9 Å². The number of ether oxygens (including phenoxy) is 4. The van der Waals surface area contributed by atoms with Gasteiger partial charge in [-0.25, -0.2) is 9.79 Å². The lowest BCUT2D eigenvalue weighted by molar-refractivity contribution is -0.139. The summed E-state index contributed by atoms with van der Waals surface area (Å²) in [6.07, 6.45) is 1.71. The van der Waals surface area contributed by atoms with E-state index in [0.717, 1.165) is 11.1 Å². The van der Waals surface area contributed by atoms with Gasteiger partial charge in [0.1, 0.15) is 12.4 Å². The standard InChI is InChI=1S/C35H32BrN3O6S/c1-6-43-34(41)31-21(4)38-35-39(32(31)23-12-14-28(45-20(2)3)29(17-23)42-5)33(40)30(46-35)16-22-11-13-27(26(36)15-22)44-19-25-10-8-7-9-24(25)18-37/h7-17,20,32H,6,19H2,1-5H3/b30-16-/t32-/m0/s1. The summed E-state index contributed by atoms with van der Waals surface area (Å²) in [5, 5.41) is 9.37. The van der Waals surface area contributed by atoms with E-state index in [2.05, 4.69) is 27.0 Å². The highest BCUT2D eigenvalue weighted by Crippen LogP contribution is 2.36. The Kier molecular flexibility index (Phi) is 10.1. The van der Waals surface area contributed by atoms with Crippen molar-refractivity contribution in [1.29, 1.82) is 5.26 Å². The van der Waals surface area contributed by atoms with Crippen LogP contribution in [-0.2, 0) is 16.1 Å². The predicted molar refractivity (Wildman–Crippen MR) is 179 cm³/mol. The molecule has 0 aliphatic carbocycles. The van der Waals surface area contributed by atoms with Crippen LogP contribution in [-0.4, -0.2) is 30.4 Å². The number of thiazole rings is 1. The minimum Gasteiger partial charge on any atom is -0.493 e. The fraction of sp³-hybridized carbons (Fsp3) is 0.257. The molecule has 0 fully saturated rings. The fourth-order valence-corrected chi connectivity index (χ4v) is 6.66. The molecule has 0 saturated heterocycles. The van der Waals surface area contributed by atoms with Gasteiger partial charge in [-0.2, -0.15) is 5.26 Å². The minimum atomic E-state index is -0.793. The van der Waals surface area contributed by atoms with Crippen molar-refractivity contribution >= 4 is 39.3 Å². The molecule has 4 aromatic rings. The Morgan fingerprint density at radius 2 is 1.89 bits per heavy atom. The second kappa shape index (κ2) is 14.2. The van der Waals surface area contributed by atoms with E-state index in [-0.39, 0.29) is 30.5 Å². The molecule has 2 heterocycles. The molecule has 0 amide bonds. The molecule has 0 spiro atoms. The van der Waals surface area contributed by atoms with E-state index >= 15 is 0 Å². The van der Waals surface area contributed by atoms with Gasteiger partial charge >= 0.3 is 5.97 Å². The molecule has 0 saturated carbocycles. The van der Waals surface area contributed by atoms with E-state index in [4.69, 9.17) is 18.9 Å². The van der Waals surface area contributed by atoms with Gasteiger partial charge in [-0.15, -0.1) is 0 Å². The fourth-order valence-electron chi connectivity index (χ4n) is 5.10. The second-order valence-electron chi connectivity index (χ2n) is 10.6. The van der Waals surface area contributed by atoms with Gasteiger partial charge in [0, 0.05) is 5.56 Å². The number of allylic oxidation sites excluding steroid dienone is 1. The summed E-state index contributed by atoms with van der Waals surface area (Å²) in [5.41, 5.74) is 3.21. The summed E-state index contributed by atoms with van der Waals surface area (Å²) >= 11 is 4.82. The van der Waals surface area contributed by atoms with E-state index in [1.165, 1.54) is 15.9 Å². The number of hydrogen-bond donors (Lipinski definition) is 0. The predicted octanol–water partition coefficient (Wildman–Crippen LogP) is 5.81. The number of esters is 1. The van der Waals surface area contributed by atoms with Crippen LogP contribution in [0.25, 0.3) is 6.08 Å². The molecule has 1 aliphatic heterocycles. The Balaban J connectivity index is 1.55. The molecule has 5 rings (SSSR count). The van der Waals surface area contributed by atoms with Crippen molar-refractivity contribution < 1.29 is 23.7 Å². The number of rotatable bonds is 10. The average Bonchev–Trinajstić information content (AvgIpc) is 3.33. The SMILES string of the molecule is CCOC(=O)C1=C(C)N=c2s/c(=C\c3ccc(OCc4ccccc4C#N)c(Br)c3)c(=O)n2[C@H]1c1ccc(OC(C)C)c(OC)c1. The van der Waals surface area contributed by atoms with Gasteiger partial charge in [0.25, 0.3) is 5.56 Å². The molecule has 9 nitrogen and oxygen atoms in total. The van der Waals surface area contributed by atoms with Crippen LogP contribution < -0.4 is 29.1 Å². The second-order valence-corrected chi connectivity index (χ2v) is 12.5. The molecule has 1 aromatic heterocycles. The third-order valence-electron chi connectivity index (χ3n) is 7.16. The molecule has 3 aromatic carbocycles. The van der Waals surface area contributed by atoms with Crippen LogP contribution >= 0.6 is 27.3 Å². The van der Waals surface area contributed by atoms with Gasteiger partial charge in [-0.3, -0.25) is 9.36 Å². The van der Waals surface area contributed by atoms with Gasteiger partial charge in [0.2, 0.25) is 0 Å². The van der Waals surface area contributed by atoms with Gasteiger partial charge in [0.05, 0.1) is 57.8 Å². The first kappa shape index (κ1) is 32.7. The Morgan fingerprint density at radius 3 is 2.59 bits per heavy atom. The summed E-state index contributed by atoms with van der Waals surface area (Å²) in [4.78, 5) is 32.5. The first-order valence-corrected chi connectivity index (χ1v) is 16.2. The van der Waals surface area contributed by atoms with E-state index in [1.807, 2.05) is 50.2 Å². The van der Waals surface area contributed by atoms with Gasteiger partial charge in [-0.1, -0.05) is 41.7 Å². The number of fused-ring (bicyclic) bond motifs is 1. The number of aromatic nitrogens is 1. The smallest absolute Gasteiger partial charge is 0.338 e. The maximum atomic E-state index is 14.1. The summed E-state index contributed by atoms with van der Waals surface area (Å²) in [6, 6.07) is 19.6. The molecule has 1 atom stereocenters. The molecule has 0 N–H and O–H groups in total. The largest absolute Gasteiger partial charge is 0.493 e. The van der Waals surface area contributed by atoms with E-state index in [1.54, 1.807) is 51.3 Å². The van der Waals surface area contributed by atoms with Gasteiger partial charge < -0.3 is 18.9 Å². The lowest BCUT2D eigenvalue weighted by Crippen LogP contribution is -2.40. The van der Waals surface area contributed by atoms with Crippen molar-refractivity contribution in [3.8, 4) is 23.3 Å². The number of nitriles is 1. The van der Waals surface area contributed by atoms with Crippen LogP contribution in [0, 0.1) is 11.3 Å². The monoisotopic (exact) mass is 701 g/mol. The topological polar surface area (TPSA) is 112 Å². The molecule has 46 heavy (non-hydrogen) atoms. The quantitative estimate of drug-likeness (QED) is 0.192. The third-order valence-corrected chi connectivity index (χ3v) is 8.76. The highest BCUT2D eigenvalue weighted by molar-refractivity contribution is 9.10. The molecular weight excluding hydrogens is 670 g/mol. The van der Waals surface area contributed by atoms with Crippen molar-refractivity contribution in [1.82, 2.24) is 4.57 Å². The maximum Gasteiger partial charge on any atom is 0.338 e. The molecular formula is C35H32BrN3O6S. The number of carbonyl (C=O) groups is 1. The summed E-state index contributed by atoms with van der Waals surface area (Å²) in [6.45, 7) is 7.73. The van der Waals surface area contributed by atoms with Gasteiger partial charge in [0.15, 0.2) is 16.3 Å². The molecule has 0 radical (unpaired) electrons. The van der Waals surface area contributed by atoms with Crippen LogP contribution in [0.2, 0.25) is 0 Å². The zero-order valence-corrected chi connectivity index (χ0v) is 28.4. The molecule has 1 aliphatic rings. The number of benzene rings is 3. The lowest BCUT2D eigenvalue weighted by atomic mass is 9.95. The van der Waals surface area contributed by atoms with Crippen molar-refractivity contribution in [3.05, 3.63) is 118 Å². The van der Waals surface area contributed by atoms with E-state index in [0.29, 0.717) is 47.9 Å². The van der Waals surface area contributed by atoms with Crippen LogP contribution in [0.3, 0.4) is 0 Å². The summed E-state index contributed by atoms with van der Waals surface area (Å²) in [7, 11) is 1.55. The zero-order valence-electron chi connectivity index (χ0n) is 26.0. The summed E-state index contributed by atoms with van der Waals surface area (Å²) < 4.78 is 25.6. The first-order valence-electron chi connectivity index (χ1n) is 14.6. The number of hydrogen-bond acceptors (Lipinski definition) is 9. The van der Waals surface area contributed by atoms with E-state index < -0.39 is 12.0 Å². The Labute approximate surface area is 278 Å². The molecule has 0 unspecified atom stereocenters. The minimum absolute atomic E-state index is 0.0735. The molecule has 0 bridgehead atoms. The van der Waals surface area contributed by atoms with Crippen molar-refractivity contribution in [2.24, 2.45) is 4.99 Å². The lowest BCUT2D eigenvalue weighted by Gasteiger charge is -2.25. The summed E-state index contributed by atoms with van der Waals surface area (Å²) in [5.74, 6) is 1.09. The van der Waals surface area contributed by atoms with Crippen LogP contribution in [0.1, 0.15) is 56.0 Å². The number of nitrogens with zero attached hydrogens (tertiary/aromatic N) is 3. The average molecular weight is 703 g/mol. The Bertz CT molecular complexity index is 2060. The Morgan fingerprint density at radius 1 is 1.13 bits per heavy atom. The molecule has 11 heteroatoms. The number of halogens is 1. The number of carbonyl (C=O) groups excluding carboxylic acids is 1. The highest BCUT2D eigenvalue weighted by atomic mass is 79.9. The maximum absolute atomic E-state index is 14.1. The van der Waals surface area contributed by atoms with Crippen molar-refractivity contribution in [2.45, 2.75) is 46.4 Å². The van der Waals surface area contributed by atoms with Crippen molar-refractivity contribution in [2.75, 3.05) is 13.7 Å². The molecule has 236 valence electrons.